The van der Waals surface area contributed by atoms with Crippen LogP contribution in [0.3, 0.4) is 0 Å². The molecule has 0 atom stereocenters. The van der Waals surface area contributed by atoms with E-state index >= 15 is 0 Å². The van der Waals surface area contributed by atoms with E-state index in [1.54, 1.807) is 72.8 Å². The van der Waals surface area contributed by atoms with Gasteiger partial charge in [0, 0.05) is 15.8 Å². The van der Waals surface area contributed by atoms with E-state index in [1.807, 2.05) is 13.8 Å². The number of hydrogen-bond acceptors (Lipinski definition) is 3. The molecule has 0 spiro atoms. The molecule has 7 heteroatoms. The average Bonchev–Trinajstić information content (AvgIpc) is 3.02. The van der Waals surface area contributed by atoms with E-state index in [2.05, 4.69) is 0 Å². The van der Waals surface area contributed by atoms with Gasteiger partial charge in [-0.15, -0.1) is 0 Å². The summed E-state index contributed by atoms with van der Waals surface area (Å²) in [6.07, 6.45) is 0. The zero-order valence-corrected chi connectivity index (χ0v) is 18.0. The zero-order valence-electron chi connectivity index (χ0n) is 16.3. The van der Waals surface area contributed by atoms with Crippen LogP contribution in [0.1, 0.15) is 11.1 Å². The summed E-state index contributed by atoms with van der Waals surface area (Å²) in [5, 5.41) is 0.487. The van der Waals surface area contributed by atoms with E-state index in [0.717, 1.165) is 11.1 Å². The largest absolute Gasteiger partial charge is 0.289 e. The zero-order chi connectivity index (χ0) is 21.5. The molecule has 0 N–H and O–H groups in total. The summed E-state index contributed by atoms with van der Waals surface area (Å²) in [5.74, 6) is -2.69. The van der Waals surface area contributed by atoms with Gasteiger partial charge in [-0.05, 0) is 37.6 Å². The number of aromatic nitrogens is 1. The SMILES string of the molecule is Cc1ccc(S(=O)(=O)n2c(-c3ccccc3)c(SC(F)F)c3ccc(C)cc32)cc1. The second-order valence-electron chi connectivity index (χ2n) is 7.03. The van der Waals surface area contributed by atoms with E-state index < -0.39 is 15.8 Å². The Morgan fingerprint density at radius 3 is 2.13 bits per heavy atom. The highest BCUT2D eigenvalue weighted by Crippen LogP contribution is 2.44. The van der Waals surface area contributed by atoms with Gasteiger partial charge >= 0.3 is 0 Å². The molecule has 0 aliphatic heterocycles. The molecule has 0 saturated heterocycles. The molecule has 30 heavy (non-hydrogen) atoms. The lowest BCUT2D eigenvalue weighted by atomic mass is 10.1. The van der Waals surface area contributed by atoms with Crippen molar-refractivity contribution in [2.24, 2.45) is 0 Å². The molecule has 1 heterocycles. The maximum absolute atomic E-state index is 13.7. The van der Waals surface area contributed by atoms with Crippen LogP contribution in [-0.4, -0.2) is 18.1 Å². The van der Waals surface area contributed by atoms with Crippen molar-refractivity contribution in [2.75, 3.05) is 0 Å². The number of aryl methyl sites for hydroxylation is 2. The molecule has 0 aliphatic carbocycles. The third-order valence-electron chi connectivity index (χ3n) is 4.85. The van der Waals surface area contributed by atoms with Gasteiger partial charge in [0.25, 0.3) is 15.8 Å². The van der Waals surface area contributed by atoms with Crippen LogP contribution in [0.5, 0.6) is 0 Å². The fourth-order valence-electron chi connectivity index (χ4n) is 3.46. The van der Waals surface area contributed by atoms with Gasteiger partial charge in [0.1, 0.15) is 0 Å². The molecule has 4 rings (SSSR count). The van der Waals surface area contributed by atoms with Crippen molar-refractivity contribution in [3.05, 3.63) is 83.9 Å². The van der Waals surface area contributed by atoms with Crippen LogP contribution < -0.4 is 0 Å². The van der Waals surface area contributed by atoms with Gasteiger partial charge in [-0.1, -0.05) is 71.9 Å². The molecule has 4 aromatic rings. The Kier molecular flexibility index (Phi) is 5.42. The minimum Gasteiger partial charge on any atom is -0.232 e. The normalized spacial score (nSPS) is 12.0. The third kappa shape index (κ3) is 3.63. The van der Waals surface area contributed by atoms with Crippen LogP contribution in [0.4, 0.5) is 8.78 Å². The highest BCUT2D eigenvalue weighted by Gasteiger charge is 2.29. The second kappa shape index (κ2) is 7.89. The Balaban J connectivity index is 2.14. The first-order chi connectivity index (χ1) is 14.3. The maximum Gasteiger partial charge on any atom is 0.289 e. The van der Waals surface area contributed by atoms with E-state index in [9.17, 15) is 17.2 Å². The van der Waals surface area contributed by atoms with Crippen LogP contribution in [0.15, 0.2) is 82.6 Å². The summed E-state index contributed by atoms with van der Waals surface area (Å²) in [6, 6.07) is 20.6. The summed E-state index contributed by atoms with van der Waals surface area (Å²) >= 11 is 0.371. The van der Waals surface area contributed by atoms with Crippen molar-refractivity contribution >= 4 is 32.7 Å². The first-order valence-corrected chi connectivity index (χ1v) is 11.6. The summed E-state index contributed by atoms with van der Waals surface area (Å²) in [4.78, 5) is 0.360. The Bertz CT molecular complexity index is 1310. The number of thioether (sulfide) groups is 1. The predicted molar refractivity (Wildman–Crippen MR) is 118 cm³/mol. The standard InChI is InChI=1S/C23H19F2NO2S2/c1-15-8-11-18(12-9-15)30(27,28)26-20-14-16(2)10-13-19(20)22(29-23(24)25)21(26)17-6-4-3-5-7-17/h3-14,23H,1-2H3. The molecular formula is C23H19F2NO2S2. The number of nitrogens with zero attached hydrogens (tertiary/aromatic N) is 1. The molecule has 0 fully saturated rings. The molecule has 0 radical (unpaired) electrons. The Morgan fingerprint density at radius 2 is 1.50 bits per heavy atom. The van der Waals surface area contributed by atoms with Crippen LogP contribution in [-0.2, 0) is 10.0 Å². The Labute approximate surface area is 178 Å². The van der Waals surface area contributed by atoms with Crippen molar-refractivity contribution in [3.8, 4) is 11.3 Å². The van der Waals surface area contributed by atoms with Crippen molar-refractivity contribution < 1.29 is 17.2 Å². The van der Waals surface area contributed by atoms with Gasteiger partial charge in [0.2, 0.25) is 0 Å². The number of fused-ring (bicyclic) bond motifs is 1. The summed E-state index contributed by atoms with van der Waals surface area (Å²) in [6.45, 7) is 3.72. The highest BCUT2D eigenvalue weighted by molar-refractivity contribution is 8.00. The number of rotatable bonds is 5. The molecule has 0 bridgehead atoms. The minimum absolute atomic E-state index is 0.109. The van der Waals surface area contributed by atoms with Gasteiger partial charge in [-0.2, -0.15) is 8.78 Å². The smallest absolute Gasteiger partial charge is 0.232 e. The third-order valence-corrected chi connectivity index (χ3v) is 7.40. The molecule has 0 aliphatic rings. The van der Waals surface area contributed by atoms with Gasteiger partial charge in [0.15, 0.2) is 0 Å². The lowest BCUT2D eigenvalue weighted by Gasteiger charge is -2.14. The Morgan fingerprint density at radius 1 is 0.867 bits per heavy atom. The van der Waals surface area contributed by atoms with E-state index in [0.29, 0.717) is 28.2 Å². The highest BCUT2D eigenvalue weighted by atomic mass is 32.2. The molecule has 3 aromatic carbocycles. The van der Waals surface area contributed by atoms with E-state index in [4.69, 9.17) is 0 Å². The molecule has 154 valence electrons. The minimum atomic E-state index is -4.03. The van der Waals surface area contributed by atoms with Gasteiger partial charge < -0.3 is 0 Å². The lowest BCUT2D eigenvalue weighted by molar-refractivity contribution is 0.252. The van der Waals surface area contributed by atoms with Crippen LogP contribution in [0.25, 0.3) is 22.2 Å². The topological polar surface area (TPSA) is 39.1 Å². The molecule has 0 saturated carbocycles. The predicted octanol–water partition coefficient (Wildman–Crippen LogP) is 6.48. The van der Waals surface area contributed by atoms with Crippen LogP contribution >= 0.6 is 11.8 Å². The number of alkyl halides is 2. The molecule has 0 amide bonds. The van der Waals surface area contributed by atoms with Gasteiger partial charge in [-0.25, -0.2) is 12.4 Å². The van der Waals surface area contributed by atoms with Crippen molar-refractivity contribution in [1.29, 1.82) is 0 Å². The fourth-order valence-corrected chi connectivity index (χ4v) is 5.85. The van der Waals surface area contributed by atoms with Gasteiger partial charge in [-0.3, -0.25) is 0 Å². The first kappa shape index (κ1) is 20.6. The van der Waals surface area contributed by atoms with Crippen molar-refractivity contribution in [1.82, 2.24) is 3.97 Å². The number of halogens is 2. The molecule has 3 nitrogen and oxygen atoms in total. The monoisotopic (exact) mass is 443 g/mol. The van der Waals surface area contributed by atoms with Crippen LogP contribution in [0.2, 0.25) is 0 Å². The maximum atomic E-state index is 13.7. The van der Waals surface area contributed by atoms with Crippen molar-refractivity contribution in [3.63, 3.8) is 0 Å². The number of hydrogen-bond donors (Lipinski definition) is 0. The first-order valence-electron chi connectivity index (χ1n) is 9.26. The van der Waals surface area contributed by atoms with Crippen molar-refractivity contribution in [2.45, 2.75) is 29.4 Å². The van der Waals surface area contributed by atoms with E-state index in [-0.39, 0.29) is 15.5 Å². The second-order valence-corrected chi connectivity index (χ2v) is 9.81. The fraction of sp³-hybridized carbons (Fsp3) is 0.130. The molecular weight excluding hydrogens is 424 g/mol. The summed E-state index contributed by atoms with van der Waals surface area (Å²) < 4.78 is 55.7. The quantitative estimate of drug-likeness (QED) is 0.332. The van der Waals surface area contributed by atoms with E-state index in [1.165, 1.54) is 3.97 Å². The molecule has 0 unspecified atom stereocenters. The van der Waals surface area contributed by atoms with Gasteiger partial charge in [0.05, 0.1) is 16.1 Å². The van der Waals surface area contributed by atoms with Crippen LogP contribution in [0, 0.1) is 13.8 Å². The number of benzene rings is 3. The lowest BCUT2D eigenvalue weighted by Crippen LogP contribution is -2.14. The summed E-state index contributed by atoms with van der Waals surface area (Å²) in [5.41, 5.74) is 2.97. The average molecular weight is 444 g/mol. The molecule has 1 aromatic heterocycles. The summed E-state index contributed by atoms with van der Waals surface area (Å²) in [7, 11) is -4.03. The Hall–Kier alpha value is -2.64.